The third-order valence-electron chi connectivity index (χ3n) is 7.13. The van der Waals surface area contributed by atoms with E-state index in [1.165, 1.54) is 12.4 Å². The van der Waals surface area contributed by atoms with E-state index >= 15 is 0 Å². The Balaban J connectivity index is 1.37. The van der Waals surface area contributed by atoms with Crippen LogP contribution in [0.2, 0.25) is 0 Å². The van der Waals surface area contributed by atoms with Gasteiger partial charge in [-0.1, -0.05) is 18.2 Å². The molecule has 0 aliphatic carbocycles. The maximum absolute atomic E-state index is 12.3. The predicted octanol–water partition coefficient (Wildman–Crippen LogP) is 3.87. The Kier molecular flexibility index (Phi) is 6.58. The van der Waals surface area contributed by atoms with E-state index in [0.29, 0.717) is 25.5 Å². The standard InChI is InChI=1S/C29H29N9O3/c1-17-11-25(39)34-23-6-4-5-21(27(23)33-17)18-7-8-24-22(12-18)26(20-15-32-37(3)16-20)35-38(24)10-9-36(2)29-30-13-19(14-31-29)28(40)41/h4-8,12-17,33H,9-11H2,1-3H3,(H,34,39)(H,40,41)/t17-/m1/s1. The zero-order chi connectivity index (χ0) is 28.7. The van der Waals surface area contributed by atoms with Crippen LogP contribution < -0.4 is 15.5 Å². The molecule has 5 aromatic rings. The number of benzene rings is 2. The molecule has 0 saturated heterocycles. The number of rotatable bonds is 7. The van der Waals surface area contributed by atoms with Crippen LogP contribution in [0.1, 0.15) is 23.7 Å². The number of hydrogen-bond donors (Lipinski definition) is 3. The van der Waals surface area contributed by atoms with Crippen molar-refractivity contribution >= 4 is 40.1 Å². The van der Waals surface area contributed by atoms with E-state index in [4.69, 9.17) is 10.2 Å². The van der Waals surface area contributed by atoms with Gasteiger partial charge in [-0.15, -0.1) is 0 Å². The van der Waals surface area contributed by atoms with Crippen LogP contribution in [0.4, 0.5) is 17.3 Å². The number of para-hydroxylation sites is 1. The second kappa shape index (κ2) is 10.4. The second-order valence-corrected chi connectivity index (χ2v) is 10.2. The highest BCUT2D eigenvalue weighted by molar-refractivity contribution is 6.02. The summed E-state index contributed by atoms with van der Waals surface area (Å²) in [5, 5.41) is 26.0. The lowest BCUT2D eigenvalue weighted by atomic mass is 9.99. The van der Waals surface area contributed by atoms with E-state index in [1.807, 2.05) is 48.9 Å². The maximum atomic E-state index is 12.3. The van der Waals surface area contributed by atoms with E-state index in [2.05, 4.69) is 50.0 Å². The maximum Gasteiger partial charge on any atom is 0.338 e. The smallest absolute Gasteiger partial charge is 0.338 e. The minimum atomic E-state index is -1.06. The highest BCUT2D eigenvalue weighted by atomic mass is 16.4. The molecule has 1 amide bonds. The molecule has 0 unspecified atom stereocenters. The molecule has 6 rings (SSSR count). The van der Waals surface area contributed by atoms with E-state index in [1.54, 1.807) is 10.9 Å². The van der Waals surface area contributed by atoms with Gasteiger partial charge in [-0.05, 0) is 30.7 Å². The molecule has 0 bridgehead atoms. The van der Waals surface area contributed by atoms with Crippen molar-refractivity contribution in [2.45, 2.75) is 25.9 Å². The summed E-state index contributed by atoms with van der Waals surface area (Å²) in [6, 6.07) is 12.2. The molecule has 0 spiro atoms. The van der Waals surface area contributed by atoms with Crippen LogP contribution in [0, 0.1) is 0 Å². The van der Waals surface area contributed by atoms with Gasteiger partial charge in [0.25, 0.3) is 0 Å². The normalized spacial score (nSPS) is 14.7. The lowest BCUT2D eigenvalue weighted by molar-refractivity contribution is -0.116. The zero-order valence-corrected chi connectivity index (χ0v) is 22.9. The predicted molar refractivity (Wildman–Crippen MR) is 156 cm³/mol. The van der Waals surface area contributed by atoms with Crippen molar-refractivity contribution < 1.29 is 14.7 Å². The fourth-order valence-corrected chi connectivity index (χ4v) is 5.08. The van der Waals surface area contributed by atoms with E-state index in [-0.39, 0.29) is 17.5 Å². The van der Waals surface area contributed by atoms with E-state index in [9.17, 15) is 9.59 Å². The number of aromatic nitrogens is 6. The summed E-state index contributed by atoms with van der Waals surface area (Å²) in [4.78, 5) is 33.7. The molecule has 1 atom stereocenters. The Labute approximate surface area is 235 Å². The Morgan fingerprint density at radius 2 is 1.95 bits per heavy atom. The molecule has 0 radical (unpaired) electrons. The van der Waals surface area contributed by atoms with Crippen molar-refractivity contribution in [1.82, 2.24) is 29.5 Å². The number of hydrogen-bond acceptors (Lipinski definition) is 8. The SMILES string of the molecule is C[C@@H]1CC(=O)Nc2cccc(-c3ccc4c(c3)c(-c3cnn(C)c3)nn4CCN(C)c3ncc(C(=O)O)cn3)c2N1. The molecule has 41 heavy (non-hydrogen) atoms. The number of fused-ring (bicyclic) bond motifs is 2. The molecule has 2 aromatic carbocycles. The highest BCUT2D eigenvalue weighted by Gasteiger charge is 2.22. The number of carbonyl (C=O) groups excluding carboxylic acids is 1. The fourth-order valence-electron chi connectivity index (χ4n) is 5.08. The monoisotopic (exact) mass is 551 g/mol. The van der Waals surface area contributed by atoms with Crippen LogP contribution >= 0.6 is 0 Å². The lowest BCUT2D eigenvalue weighted by Gasteiger charge is -2.17. The van der Waals surface area contributed by atoms with Crippen LogP contribution in [-0.2, 0) is 18.4 Å². The van der Waals surface area contributed by atoms with Gasteiger partial charge < -0.3 is 20.6 Å². The van der Waals surface area contributed by atoms with Gasteiger partial charge in [-0.2, -0.15) is 10.2 Å². The molecule has 1 aliphatic heterocycles. The first kappa shape index (κ1) is 26.0. The number of aryl methyl sites for hydroxylation is 1. The number of aromatic carboxylic acids is 1. The van der Waals surface area contributed by atoms with Crippen molar-refractivity contribution in [3.63, 3.8) is 0 Å². The molecule has 1 aliphatic rings. The van der Waals surface area contributed by atoms with Crippen LogP contribution in [-0.4, -0.2) is 66.1 Å². The summed E-state index contributed by atoms with van der Waals surface area (Å²) in [7, 11) is 3.73. The lowest BCUT2D eigenvalue weighted by Crippen LogP contribution is -2.25. The summed E-state index contributed by atoms with van der Waals surface area (Å²) >= 11 is 0. The zero-order valence-electron chi connectivity index (χ0n) is 22.9. The minimum Gasteiger partial charge on any atom is -0.478 e. The Morgan fingerprint density at radius 1 is 1.15 bits per heavy atom. The quantitative estimate of drug-likeness (QED) is 0.275. The van der Waals surface area contributed by atoms with Gasteiger partial charge in [-0.3, -0.25) is 14.2 Å². The van der Waals surface area contributed by atoms with Gasteiger partial charge in [0.1, 0.15) is 5.69 Å². The van der Waals surface area contributed by atoms with Gasteiger partial charge >= 0.3 is 5.97 Å². The number of likely N-dealkylation sites (N-methyl/N-ethyl adjacent to an activating group) is 1. The third-order valence-corrected chi connectivity index (χ3v) is 7.13. The van der Waals surface area contributed by atoms with E-state index in [0.717, 1.165) is 44.7 Å². The van der Waals surface area contributed by atoms with Gasteiger partial charge in [0.05, 0.1) is 35.2 Å². The van der Waals surface area contributed by atoms with Gasteiger partial charge in [0.2, 0.25) is 11.9 Å². The molecular weight excluding hydrogens is 522 g/mol. The summed E-state index contributed by atoms with van der Waals surface area (Å²) in [5.41, 5.74) is 6.37. The Bertz CT molecular complexity index is 1770. The van der Waals surface area contributed by atoms with Crippen molar-refractivity contribution in [1.29, 1.82) is 0 Å². The molecule has 3 aromatic heterocycles. The molecule has 0 fully saturated rings. The fraction of sp³-hybridized carbons (Fsp3) is 0.241. The minimum absolute atomic E-state index is 0.00358. The first-order valence-corrected chi connectivity index (χ1v) is 13.2. The number of anilines is 3. The topological polar surface area (TPSA) is 143 Å². The third kappa shape index (κ3) is 5.07. The number of amides is 1. The van der Waals surface area contributed by atoms with Crippen LogP contribution in [0.25, 0.3) is 33.3 Å². The molecule has 12 nitrogen and oxygen atoms in total. The summed E-state index contributed by atoms with van der Waals surface area (Å²) in [6.07, 6.45) is 6.75. The van der Waals surface area contributed by atoms with Crippen LogP contribution in [0.15, 0.2) is 61.2 Å². The number of nitrogens with zero attached hydrogens (tertiary/aromatic N) is 7. The van der Waals surface area contributed by atoms with Crippen LogP contribution in [0.3, 0.4) is 0 Å². The second-order valence-electron chi connectivity index (χ2n) is 10.2. The number of carboxylic acids is 1. The molecule has 3 N–H and O–H groups in total. The average molecular weight is 552 g/mol. The number of carboxylic acid groups (broad SMARTS) is 1. The summed E-state index contributed by atoms with van der Waals surface area (Å²) < 4.78 is 3.70. The van der Waals surface area contributed by atoms with Crippen molar-refractivity contribution in [3.8, 4) is 22.4 Å². The number of carbonyl (C=O) groups is 2. The molecule has 208 valence electrons. The molecular formula is C29H29N9O3. The van der Waals surface area contributed by atoms with Gasteiger partial charge in [0.15, 0.2) is 0 Å². The van der Waals surface area contributed by atoms with Crippen molar-refractivity contribution in [3.05, 3.63) is 66.7 Å². The molecule has 0 saturated carbocycles. The van der Waals surface area contributed by atoms with Crippen molar-refractivity contribution in [2.75, 3.05) is 29.1 Å². The van der Waals surface area contributed by atoms with Crippen molar-refractivity contribution in [2.24, 2.45) is 7.05 Å². The van der Waals surface area contributed by atoms with Gasteiger partial charge in [-0.25, -0.2) is 14.8 Å². The number of nitrogens with one attached hydrogen (secondary N) is 2. The van der Waals surface area contributed by atoms with Gasteiger partial charge in [0, 0.05) is 68.2 Å². The van der Waals surface area contributed by atoms with E-state index < -0.39 is 5.97 Å². The Hall–Kier alpha value is -5.26. The molecule has 4 heterocycles. The summed E-state index contributed by atoms with van der Waals surface area (Å²) in [6.45, 7) is 3.09. The first-order valence-electron chi connectivity index (χ1n) is 13.2. The van der Waals surface area contributed by atoms with Crippen LogP contribution in [0.5, 0.6) is 0 Å². The molecule has 12 heteroatoms. The summed E-state index contributed by atoms with van der Waals surface area (Å²) in [5.74, 6) is -0.643. The average Bonchev–Trinajstić information content (AvgIpc) is 3.50. The largest absolute Gasteiger partial charge is 0.478 e. The Morgan fingerprint density at radius 3 is 2.68 bits per heavy atom. The first-order chi connectivity index (χ1) is 19.8. The highest BCUT2D eigenvalue weighted by Crippen LogP contribution is 2.39.